The first-order chi connectivity index (χ1) is 21.4. The molecule has 0 spiro atoms. The van der Waals surface area contributed by atoms with Crippen LogP contribution in [-0.4, -0.2) is 59.5 Å². The van der Waals surface area contributed by atoms with Gasteiger partial charge in [-0.1, -0.05) is 69.7 Å². The number of hydrogen-bond acceptors (Lipinski definition) is 7. The average Bonchev–Trinajstić information content (AvgIpc) is 2.97. The number of carbonyl (C=O) groups excluding carboxylic acids is 3. The Morgan fingerprint density at radius 2 is 1.84 bits per heavy atom. The highest BCUT2D eigenvalue weighted by Crippen LogP contribution is 2.24. The number of fused-ring (bicyclic) bond motifs is 2. The second-order valence-electron chi connectivity index (χ2n) is 12.2. The fraction of sp³-hybridized carbons (Fsp3) is 0.528. The third-order valence-electron chi connectivity index (χ3n) is 7.75. The number of amides is 2. The van der Waals surface area contributed by atoms with Gasteiger partial charge in [0.25, 0.3) is 0 Å². The lowest BCUT2D eigenvalue weighted by molar-refractivity contribution is -0.156. The second-order valence-corrected chi connectivity index (χ2v) is 12.2. The van der Waals surface area contributed by atoms with Crippen LogP contribution in [0.2, 0.25) is 0 Å². The summed E-state index contributed by atoms with van der Waals surface area (Å²) in [5.74, 6) is -0.874. The van der Waals surface area contributed by atoms with Gasteiger partial charge in [-0.05, 0) is 62.3 Å². The SMILES string of the molecule is CO[C@H]1C=CC=CC=CC[C@H](OC(=O)[C@@H](C)NC(=O)CCCC(C)C)[C@H](C)[C@@H](O)C(C)=CCCc2cc(O)cc(c2)NC(=O)C1. The number of hydrogen-bond donors (Lipinski definition) is 4. The molecule has 1 heterocycles. The molecular weight excluding hydrogens is 572 g/mol. The van der Waals surface area contributed by atoms with Crippen molar-refractivity contribution in [1.82, 2.24) is 5.32 Å². The first-order valence-corrected chi connectivity index (χ1v) is 15.9. The van der Waals surface area contributed by atoms with Gasteiger partial charge in [0, 0.05) is 37.6 Å². The predicted octanol–water partition coefficient (Wildman–Crippen LogP) is 5.93. The van der Waals surface area contributed by atoms with Crippen molar-refractivity contribution >= 4 is 23.5 Å². The highest BCUT2D eigenvalue weighted by molar-refractivity contribution is 5.91. The molecule has 1 aromatic carbocycles. The molecule has 248 valence electrons. The summed E-state index contributed by atoms with van der Waals surface area (Å²) in [4.78, 5) is 38.0. The van der Waals surface area contributed by atoms with Crippen molar-refractivity contribution < 1.29 is 34.1 Å². The Morgan fingerprint density at radius 3 is 2.56 bits per heavy atom. The van der Waals surface area contributed by atoms with E-state index in [1.165, 1.54) is 13.2 Å². The van der Waals surface area contributed by atoms with E-state index in [1.54, 1.807) is 31.2 Å². The minimum atomic E-state index is -0.880. The van der Waals surface area contributed by atoms with Crippen LogP contribution in [0.15, 0.2) is 66.3 Å². The largest absolute Gasteiger partial charge is 0.508 e. The second kappa shape index (κ2) is 19.6. The van der Waals surface area contributed by atoms with Crippen molar-refractivity contribution in [1.29, 1.82) is 0 Å². The number of nitrogens with one attached hydrogen (secondary N) is 2. The molecule has 2 rings (SSSR count). The zero-order chi connectivity index (χ0) is 33.4. The molecule has 1 aliphatic heterocycles. The van der Waals surface area contributed by atoms with E-state index in [-0.39, 0.29) is 24.0 Å². The minimum Gasteiger partial charge on any atom is -0.508 e. The van der Waals surface area contributed by atoms with Gasteiger partial charge in [0.1, 0.15) is 17.9 Å². The third kappa shape index (κ3) is 14.3. The average molecular weight is 625 g/mol. The number of phenolic OH excluding ortho intramolecular Hbond substituents is 1. The molecule has 5 atom stereocenters. The number of methoxy groups -OCH3 is 1. The summed E-state index contributed by atoms with van der Waals surface area (Å²) in [6, 6.07) is 4.14. The van der Waals surface area contributed by atoms with Crippen LogP contribution in [-0.2, 0) is 30.3 Å². The lowest BCUT2D eigenvalue weighted by Gasteiger charge is -2.29. The van der Waals surface area contributed by atoms with E-state index in [9.17, 15) is 24.6 Å². The normalized spacial score (nSPS) is 22.6. The molecule has 2 amide bonds. The third-order valence-corrected chi connectivity index (χ3v) is 7.75. The smallest absolute Gasteiger partial charge is 0.328 e. The monoisotopic (exact) mass is 624 g/mol. The minimum absolute atomic E-state index is 0.0435. The summed E-state index contributed by atoms with van der Waals surface area (Å²) in [5.41, 5.74) is 2.05. The summed E-state index contributed by atoms with van der Waals surface area (Å²) >= 11 is 0. The number of carbonyl (C=O) groups is 3. The molecule has 0 unspecified atom stereocenters. The summed E-state index contributed by atoms with van der Waals surface area (Å²) in [7, 11) is 1.53. The Labute approximate surface area is 268 Å². The topological polar surface area (TPSA) is 134 Å². The Bertz CT molecular complexity index is 1230. The zero-order valence-corrected chi connectivity index (χ0v) is 27.6. The predicted molar refractivity (Wildman–Crippen MR) is 178 cm³/mol. The number of anilines is 1. The number of ether oxygens (including phenoxy) is 2. The highest BCUT2D eigenvalue weighted by atomic mass is 16.5. The van der Waals surface area contributed by atoms with Gasteiger partial charge in [-0.2, -0.15) is 0 Å². The van der Waals surface area contributed by atoms with E-state index in [1.807, 2.05) is 44.2 Å². The summed E-state index contributed by atoms with van der Waals surface area (Å²) in [6.07, 6.45) is 14.5. The van der Waals surface area contributed by atoms with Crippen LogP contribution in [0.3, 0.4) is 0 Å². The van der Waals surface area contributed by atoms with Gasteiger partial charge in [-0.3, -0.25) is 9.59 Å². The molecule has 4 N–H and O–H groups in total. The van der Waals surface area contributed by atoms with Crippen molar-refractivity contribution in [3.05, 3.63) is 71.9 Å². The number of aliphatic hydroxyl groups is 1. The molecule has 0 aliphatic carbocycles. The molecular formula is C36H52N2O7. The number of esters is 1. The molecule has 0 radical (unpaired) electrons. The quantitative estimate of drug-likeness (QED) is 0.208. The van der Waals surface area contributed by atoms with Crippen molar-refractivity contribution in [3.8, 4) is 5.75 Å². The van der Waals surface area contributed by atoms with Crippen LogP contribution in [0.4, 0.5) is 5.69 Å². The maximum absolute atomic E-state index is 13.0. The van der Waals surface area contributed by atoms with Crippen molar-refractivity contribution in [3.63, 3.8) is 0 Å². The van der Waals surface area contributed by atoms with Crippen LogP contribution in [0.25, 0.3) is 0 Å². The molecule has 45 heavy (non-hydrogen) atoms. The standard InChI is InChI=1S/C36H52N2O7/c1-24(2)14-12-19-33(40)37-27(5)36(43)45-32-18-11-9-7-8-10-17-31(44-6)23-34(41)38-29-20-28(21-30(39)22-29)16-13-15-25(3)35(42)26(32)4/h7-11,15,17,20-22,24,26-27,31-32,35,39,42H,12-14,16,18-19,23H2,1-6H3,(H,37,40)(H,38,41)/t26-,27+,31-,32-,35-/m0/s1. The van der Waals surface area contributed by atoms with Crippen LogP contribution in [0, 0.1) is 11.8 Å². The first-order valence-electron chi connectivity index (χ1n) is 15.9. The van der Waals surface area contributed by atoms with Gasteiger partial charge in [-0.15, -0.1) is 0 Å². The molecule has 0 saturated heterocycles. The van der Waals surface area contributed by atoms with E-state index >= 15 is 0 Å². The fourth-order valence-electron chi connectivity index (χ4n) is 4.99. The van der Waals surface area contributed by atoms with E-state index < -0.39 is 36.2 Å². The van der Waals surface area contributed by atoms with E-state index in [0.717, 1.165) is 24.0 Å². The summed E-state index contributed by atoms with van der Waals surface area (Å²) in [5, 5.41) is 27.0. The van der Waals surface area contributed by atoms with Gasteiger partial charge < -0.3 is 30.3 Å². The number of phenols is 1. The van der Waals surface area contributed by atoms with Gasteiger partial charge >= 0.3 is 5.97 Å². The van der Waals surface area contributed by atoms with Crippen molar-refractivity contribution in [2.24, 2.45) is 11.8 Å². The summed E-state index contributed by atoms with van der Waals surface area (Å²) in [6.45, 7) is 9.49. The lowest BCUT2D eigenvalue weighted by atomic mass is 9.90. The number of aliphatic hydroxyl groups excluding tert-OH is 1. The zero-order valence-electron chi connectivity index (χ0n) is 27.6. The molecule has 1 aliphatic rings. The number of benzene rings is 1. The summed E-state index contributed by atoms with van der Waals surface area (Å²) < 4.78 is 11.3. The van der Waals surface area contributed by atoms with Crippen molar-refractivity contribution in [2.45, 2.75) is 104 Å². The van der Waals surface area contributed by atoms with Crippen LogP contribution in [0.5, 0.6) is 5.75 Å². The number of allylic oxidation sites excluding steroid dienone is 5. The van der Waals surface area contributed by atoms with Crippen LogP contribution >= 0.6 is 0 Å². The van der Waals surface area contributed by atoms with Gasteiger partial charge in [0.05, 0.1) is 18.6 Å². The maximum atomic E-state index is 13.0. The highest BCUT2D eigenvalue weighted by Gasteiger charge is 2.29. The van der Waals surface area contributed by atoms with E-state index in [2.05, 4.69) is 24.5 Å². The first kappa shape index (κ1) is 37.5. The Morgan fingerprint density at radius 1 is 1.11 bits per heavy atom. The number of aryl methyl sites for hydroxylation is 1. The molecule has 0 aromatic heterocycles. The Kier molecular flexibility index (Phi) is 16.4. The van der Waals surface area contributed by atoms with Gasteiger partial charge in [0.15, 0.2) is 0 Å². The van der Waals surface area contributed by atoms with Crippen LogP contribution < -0.4 is 10.6 Å². The van der Waals surface area contributed by atoms with Crippen LogP contribution in [0.1, 0.15) is 78.7 Å². The van der Waals surface area contributed by atoms with E-state index in [4.69, 9.17) is 9.47 Å². The molecule has 2 bridgehead atoms. The Hall–Kier alpha value is -3.69. The maximum Gasteiger partial charge on any atom is 0.328 e. The molecule has 9 heteroatoms. The van der Waals surface area contributed by atoms with Gasteiger partial charge in [0.2, 0.25) is 11.8 Å². The number of aromatic hydroxyl groups is 1. The Balaban J connectivity index is 2.25. The molecule has 0 saturated carbocycles. The molecule has 0 fully saturated rings. The van der Waals surface area contributed by atoms with Gasteiger partial charge in [-0.25, -0.2) is 4.79 Å². The van der Waals surface area contributed by atoms with E-state index in [0.29, 0.717) is 37.3 Å². The fourth-order valence-corrected chi connectivity index (χ4v) is 4.99. The number of rotatable bonds is 8. The molecule has 9 nitrogen and oxygen atoms in total. The van der Waals surface area contributed by atoms with Crippen molar-refractivity contribution in [2.75, 3.05) is 12.4 Å². The lowest BCUT2D eigenvalue weighted by Crippen LogP contribution is -2.43. The molecule has 1 aromatic rings.